The van der Waals surface area contributed by atoms with Crippen LogP contribution in [0.2, 0.25) is 0 Å². The van der Waals surface area contributed by atoms with Gasteiger partial charge in [-0.05, 0) is 62.4 Å². The van der Waals surface area contributed by atoms with Crippen molar-refractivity contribution in [3.05, 3.63) is 28.7 Å². The van der Waals surface area contributed by atoms with Gasteiger partial charge >= 0.3 is 0 Å². The molecule has 0 amide bonds. The largest absolute Gasteiger partial charge is 0.494 e. The fourth-order valence-corrected chi connectivity index (χ4v) is 3.10. The smallest absolute Gasteiger partial charge is 0.119 e. The molecule has 2 rings (SSSR count). The minimum absolute atomic E-state index is 0.716. The predicted molar refractivity (Wildman–Crippen MR) is 83.7 cm³/mol. The highest BCUT2D eigenvalue weighted by molar-refractivity contribution is 9.10. The van der Waals surface area contributed by atoms with Gasteiger partial charge in [-0.2, -0.15) is 0 Å². The van der Waals surface area contributed by atoms with Crippen LogP contribution in [0.1, 0.15) is 39.0 Å². The first-order chi connectivity index (χ1) is 9.29. The molecule has 1 saturated carbocycles. The number of hydrogen-bond acceptors (Lipinski definition) is 2. The van der Waals surface area contributed by atoms with Gasteiger partial charge in [0.1, 0.15) is 5.75 Å². The molecule has 106 valence electrons. The van der Waals surface area contributed by atoms with Crippen molar-refractivity contribution in [1.82, 2.24) is 5.32 Å². The zero-order chi connectivity index (χ0) is 13.5. The number of rotatable bonds is 7. The van der Waals surface area contributed by atoms with E-state index in [4.69, 9.17) is 4.74 Å². The normalized spacial score (nSPS) is 22.6. The molecule has 1 aromatic carbocycles. The van der Waals surface area contributed by atoms with E-state index in [1.54, 1.807) is 0 Å². The van der Waals surface area contributed by atoms with Gasteiger partial charge in [0.05, 0.1) is 6.61 Å². The van der Waals surface area contributed by atoms with E-state index >= 15 is 0 Å². The van der Waals surface area contributed by atoms with E-state index in [1.165, 1.54) is 25.7 Å². The summed E-state index contributed by atoms with van der Waals surface area (Å²) in [6.45, 7) is 4.21. The lowest BCUT2D eigenvalue weighted by molar-refractivity contribution is 0.260. The van der Waals surface area contributed by atoms with Gasteiger partial charge in [-0.25, -0.2) is 0 Å². The molecule has 3 heteroatoms. The van der Waals surface area contributed by atoms with E-state index in [1.807, 2.05) is 24.3 Å². The van der Waals surface area contributed by atoms with Crippen molar-refractivity contribution >= 4 is 15.9 Å². The van der Waals surface area contributed by atoms with Crippen molar-refractivity contribution in [2.45, 2.75) is 45.1 Å². The molecule has 1 fully saturated rings. The van der Waals surface area contributed by atoms with Gasteiger partial charge in [0.2, 0.25) is 0 Å². The Morgan fingerprint density at radius 1 is 1.26 bits per heavy atom. The Morgan fingerprint density at radius 3 is 2.79 bits per heavy atom. The predicted octanol–water partition coefficient (Wildman–Crippen LogP) is 4.39. The molecule has 0 radical (unpaired) electrons. The van der Waals surface area contributed by atoms with Crippen LogP contribution in [-0.2, 0) is 0 Å². The molecule has 1 N–H and O–H groups in total. The van der Waals surface area contributed by atoms with Gasteiger partial charge in [0.15, 0.2) is 0 Å². The quantitative estimate of drug-likeness (QED) is 0.802. The molecule has 1 aromatic rings. The van der Waals surface area contributed by atoms with Crippen LogP contribution >= 0.6 is 15.9 Å². The van der Waals surface area contributed by atoms with E-state index in [9.17, 15) is 0 Å². The molecule has 1 aliphatic carbocycles. The molecule has 2 nitrogen and oxygen atoms in total. The molecule has 1 aliphatic rings. The Kier molecular flexibility index (Phi) is 6.18. The van der Waals surface area contributed by atoms with Gasteiger partial charge in [0.25, 0.3) is 0 Å². The molecule has 0 aliphatic heterocycles. The highest BCUT2D eigenvalue weighted by Crippen LogP contribution is 2.28. The third-order valence-corrected chi connectivity index (χ3v) is 4.42. The molecular formula is C16H24BrNO. The second-order valence-corrected chi connectivity index (χ2v) is 6.26. The molecule has 0 heterocycles. The van der Waals surface area contributed by atoms with Crippen LogP contribution in [0.25, 0.3) is 0 Å². The average Bonchev–Trinajstić information content (AvgIpc) is 2.86. The fraction of sp³-hybridized carbons (Fsp3) is 0.625. The van der Waals surface area contributed by atoms with Crippen LogP contribution in [0.3, 0.4) is 0 Å². The summed E-state index contributed by atoms with van der Waals surface area (Å²) in [4.78, 5) is 0. The SMILES string of the molecule is CCCNC1CCCC1CCOc1ccc(Br)cc1. The van der Waals surface area contributed by atoms with Crippen molar-refractivity contribution in [1.29, 1.82) is 0 Å². The second kappa shape index (κ2) is 7.91. The van der Waals surface area contributed by atoms with E-state index in [0.29, 0.717) is 6.04 Å². The minimum atomic E-state index is 0.716. The Hall–Kier alpha value is -0.540. The van der Waals surface area contributed by atoms with Crippen LogP contribution in [-0.4, -0.2) is 19.2 Å². The minimum Gasteiger partial charge on any atom is -0.494 e. The van der Waals surface area contributed by atoms with Gasteiger partial charge in [-0.3, -0.25) is 0 Å². The van der Waals surface area contributed by atoms with Gasteiger partial charge < -0.3 is 10.1 Å². The summed E-state index contributed by atoms with van der Waals surface area (Å²) >= 11 is 3.44. The lowest BCUT2D eigenvalue weighted by Crippen LogP contribution is -2.33. The Morgan fingerprint density at radius 2 is 2.05 bits per heavy atom. The van der Waals surface area contributed by atoms with Crippen molar-refractivity contribution in [3.8, 4) is 5.75 Å². The average molecular weight is 326 g/mol. The molecule has 0 bridgehead atoms. The first-order valence-electron chi connectivity index (χ1n) is 7.41. The van der Waals surface area contributed by atoms with Crippen LogP contribution in [0.5, 0.6) is 5.75 Å². The van der Waals surface area contributed by atoms with E-state index < -0.39 is 0 Å². The standard InChI is InChI=1S/C16H24BrNO/c1-2-11-18-16-5-3-4-13(16)10-12-19-15-8-6-14(17)7-9-15/h6-9,13,16,18H,2-5,10-12H2,1H3. The summed E-state index contributed by atoms with van der Waals surface area (Å²) in [6, 6.07) is 8.80. The third-order valence-electron chi connectivity index (χ3n) is 3.89. The van der Waals surface area contributed by atoms with Crippen LogP contribution in [0.4, 0.5) is 0 Å². The first kappa shape index (κ1) is 14.9. The summed E-state index contributed by atoms with van der Waals surface area (Å²) in [5.74, 6) is 1.77. The Bertz CT molecular complexity index is 366. The highest BCUT2D eigenvalue weighted by Gasteiger charge is 2.26. The van der Waals surface area contributed by atoms with Crippen molar-refractivity contribution < 1.29 is 4.74 Å². The summed E-state index contributed by atoms with van der Waals surface area (Å²) in [5, 5.41) is 3.68. The lowest BCUT2D eigenvalue weighted by Gasteiger charge is -2.21. The third kappa shape index (κ3) is 4.81. The maximum atomic E-state index is 5.83. The molecule has 2 atom stereocenters. The summed E-state index contributed by atoms with van der Waals surface area (Å²) in [7, 11) is 0. The van der Waals surface area contributed by atoms with Gasteiger partial charge in [-0.15, -0.1) is 0 Å². The lowest BCUT2D eigenvalue weighted by atomic mass is 10.00. The maximum absolute atomic E-state index is 5.83. The van der Waals surface area contributed by atoms with Crippen LogP contribution in [0, 0.1) is 5.92 Å². The fourth-order valence-electron chi connectivity index (χ4n) is 2.84. The molecule has 19 heavy (non-hydrogen) atoms. The number of benzene rings is 1. The number of nitrogens with one attached hydrogen (secondary N) is 1. The summed E-state index contributed by atoms with van der Waals surface area (Å²) < 4.78 is 6.92. The first-order valence-corrected chi connectivity index (χ1v) is 8.20. The molecule has 2 unspecified atom stereocenters. The van der Waals surface area contributed by atoms with E-state index in [-0.39, 0.29) is 0 Å². The molecular weight excluding hydrogens is 302 g/mol. The van der Waals surface area contributed by atoms with Gasteiger partial charge in [-0.1, -0.05) is 29.3 Å². The maximum Gasteiger partial charge on any atom is 0.119 e. The monoisotopic (exact) mass is 325 g/mol. The molecule has 0 saturated heterocycles. The summed E-state index contributed by atoms with van der Waals surface area (Å²) in [5.41, 5.74) is 0. The highest BCUT2D eigenvalue weighted by atomic mass is 79.9. The summed E-state index contributed by atoms with van der Waals surface area (Å²) in [6.07, 6.45) is 6.44. The van der Waals surface area contributed by atoms with E-state index in [0.717, 1.165) is 35.7 Å². The number of hydrogen-bond donors (Lipinski definition) is 1. The van der Waals surface area contributed by atoms with E-state index in [2.05, 4.69) is 28.2 Å². The number of ether oxygens (including phenoxy) is 1. The van der Waals surface area contributed by atoms with Crippen molar-refractivity contribution in [3.63, 3.8) is 0 Å². The zero-order valence-corrected chi connectivity index (χ0v) is 13.3. The zero-order valence-electron chi connectivity index (χ0n) is 11.7. The Labute approximate surface area is 125 Å². The second-order valence-electron chi connectivity index (χ2n) is 5.34. The molecule has 0 spiro atoms. The van der Waals surface area contributed by atoms with Gasteiger partial charge in [0, 0.05) is 10.5 Å². The molecule has 0 aromatic heterocycles. The van der Waals surface area contributed by atoms with Crippen LogP contribution < -0.4 is 10.1 Å². The van der Waals surface area contributed by atoms with Crippen molar-refractivity contribution in [2.75, 3.05) is 13.2 Å². The Balaban J connectivity index is 1.71. The number of halogens is 1. The van der Waals surface area contributed by atoms with Crippen molar-refractivity contribution in [2.24, 2.45) is 5.92 Å². The topological polar surface area (TPSA) is 21.3 Å². The van der Waals surface area contributed by atoms with Crippen LogP contribution in [0.15, 0.2) is 28.7 Å².